The normalized spacial score (nSPS) is 13.5. The summed E-state index contributed by atoms with van der Waals surface area (Å²) in [4.78, 5) is 0. The summed E-state index contributed by atoms with van der Waals surface area (Å²) in [7, 11) is -4.08. The number of hydrogen-bond acceptors (Lipinski definition) is 5. The summed E-state index contributed by atoms with van der Waals surface area (Å²) in [5, 5.41) is 2.55. The van der Waals surface area contributed by atoms with Gasteiger partial charge in [0.15, 0.2) is 5.78 Å². The van der Waals surface area contributed by atoms with Crippen LogP contribution in [0, 0.1) is 0 Å². The molecule has 0 saturated heterocycles. The van der Waals surface area contributed by atoms with Gasteiger partial charge in [-0.2, -0.15) is 26.3 Å². The van der Waals surface area contributed by atoms with Gasteiger partial charge >= 0.3 is 19.9 Å². The molecule has 2 aromatic rings. The maximum absolute atomic E-state index is 13.6. The van der Waals surface area contributed by atoms with Crippen LogP contribution in [0.25, 0.3) is 0 Å². The summed E-state index contributed by atoms with van der Waals surface area (Å²) in [6.45, 7) is 5.42. The Morgan fingerprint density at radius 3 is 1.80 bits per heavy atom. The number of hydrogen-bond donors (Lipinski definition) is 1. The molecule has 1 N–H and O–H groups in total. The number of ether oxygens (including phenoxy) is 1. The van der Waals surface area contributed by atoms with Gasteiger partial charge < -0.3 is 19.1 Å². The average molecular weight is 527 g/mol. The highest BCUT2D eigenvalue weighted by Crippen LogP contribution is 2.61. The molecule has 12 heteroatoms. The lowest BCUT2D eigenvalue weighted by molar-refractivity contribution is -0.143. The van der Waals surface area contributed by atoms with Crippen molar-refractivity contribution in [2.45, 2.75) is 51.7 Å². The van der Waals surface area contributed by atoms with Crippen molar-refractivity contribution in [3.05, 3.63) is 59.2 Å². The second-order valence-electron chi connectivity index (χ2n) is 7.49. The van der Waals surface area contributed by atoms with Crippen molar-refractivity contribution in [2.75, 3.05) is 25.1 Å². The van der Waals surface area contributed by atoms with Crippen LogP contribution in [0.3, 0.4) is 0 Å². The number of alkyl halides is 6. The Kier molecular flexibility index (Phi) is 10.1. The Labute approximate surface area is 200 Å². The quantitative estimate of drug-likeness (QED) is 0.171. The number of rotatable bonds is 12. The third-order valence-electron chi connectivity index (χ3n) is 4.79. The Balaban J connectivity index is 2.55. The minimum atomic E-state index is -5.03. The van der Waals surface area contributed by atoms with Crippen LogP contribution in [0.15, 0.2) is 42.5 Å². The zero-order valence-electron chi connectivity index (χ0n) is 19.5. The van der Waals surface area contributed by atoms with Gasteiger partial charge in [-0.1, -0.05) is 25.5 Å². The molecule has 1 unspecified atom stereocenters. The number of unbranched alkanes of at least 4 members (excludes halogenated alkanes) is 1. The van der Waals surface area contributed by atoms with Crippen molar-refractivity contribution in [1.82, 2.24) is 0 Å². The van der Waals surface area contributed by atoms with E-state index in [0.29, 0.717) is 24.5 Å². The van der Waals surface area contributed by atoms with Gasteiger partial charge in [0.1, 0.15) is 5.75 Å². The van der Waals surface area contributed by atoms with Crippen LogP contribution < -0.4 is 10.1 Å². The van der Waals surface area contributed by atoms with Gasteiger partial charge in [0, 0.05) is 5.69 Å². The van der Waals surface area contributed by atoms with E-state index in [1.165, 1.54) is 12.1 Å². The van der Waals surface area contributed by atoms with Gasteiger partial charge in [-0.15, -0.1) is 0 Å². The van der Waals surface area contributed by atoms with E-state index < -0.39 is 42.5 Å². The second-order valence-corrected chi connectivity index (χ2v) is 9.60. The first-order chi connectivity index (χ1) is 16.3. The number of anilines is 1. The van der Waals surface area contributed by atoms with Crippen molar-refractivity contribution >= 4 is 13.3 Å². The predicted octanol–water partition coefficient (Wildman–Crippen LogP) is 8.28. The maximum Gasteiger partial charge on any atom is 0.416 e. The zero-order valence-corrected chi connectivity index (χ0v) is 20.4. The highest BCUT2D eigenvalue weighted by molar-refractivity contribution is 7.54. The van der Waals surface area contributed by atoms with Crippen molar-refractivity contribution in [2.24, 2.45) is 0 Å². The third kappa shape index (κ3) is 8.15. The molecule has 2 aromatic carbocycles. The van der Waals surface area contributed by atoms with E-state index >= 15 is 0 Å². The van der Waals surface area contributed by atoms with Crippen LogP contribution in [0.1, 0.15) is 56.1 Å². The van der Waals surface area contributed by atoms with Crippen LogP contribution in [-0.4, -0.2) is 19.8 Å². The number of halogens is 6. The molecule has 2 rings (SSSR count). The molecule has 0 aromatic heterocycles. The molecule has 0 aliphatic heterocycles. The van der Waals surface area contributed by atoms with Crippen LogP contribution in [0.5, 0.6) is 5.75 Å². The van der Waals surface area contributed by atoms with Crippen molar-refractivity contribution in [3.63, 3.8) is 0 Å². The van der Waals surface area contributed by atoms with E-state index in [4.69, 9.17) is 13.8 Å². The molecular weight excluding hydrogens is 499 g/mol. The van der Waals surface area contributed by atoms with Gasteiger partial charge in [0.25, 0.3) is 0 Å². The fourth-order valence-electron chi connectivity index (χ4n) is 3.17. The van der Waals surface area contributed by atoms with Gasteiger partial charge in [0.2, 0.25) is 0 Å². The Hall–Kier alpha value is -2.23. The molecule has 0 fully saturated rings. The van der Waals surface area contributed by atoms with Crippen molar-refractivity contribution in [1.29, 1.82) is 0 Å². The lowest BCUT2D eigenvalue weighted by Crippen LogP contribution is -2.17. The topological polar surface area (TPSA) is 56.8 Å². The summed E-state index contributed by atoms with van der Waals surface area (Å²) < 4.78 is 110. The molecule has 35 heavy (non-hydrogen) atoms. The van der Waals surface area contributed by atoms with E-state index in [-0.39, 0.29) is 24.8 Å². The minimum absolute atomic E-state index is 0.0211. The van der Waals surface area contributed by atoms with E-state index in [9.17, 15) is 30.9 Å². The van der Waals surface area contributed by atoms with Gasteiger partial charge in [0.05, 0.1) is 30.9 Å². The Morgan fingerprint density at radius 2 is 1.37 bits per heavy atom. The summed E-state index contributed by atoms with van der Waals surface area (Å²) in [6, 6.07) is 7.20. The molecule has 1 atom stereocenters. The lowest BCUT2D eigenvalue weighted by atomic mass is 10.1. The molecule has 0 bridgehead atoms. The van der Waals surface area contributed by atoms with Crippen LogP contribution in [0.4, 0.5) is 32.0 Å². The molecule has 0 amide bonds. The number of benzene rings is 2. The smallest absolute Gasteiger partial charge is 0.416 e. The first-order valence-corrected chi connectivity index (χ1v) is 12.6. The summed E-state index contributed by atoms with van der Waals surface area (Å²) in [5.41, 5.74) is -3.28. The third-order valence-corrected chi connectivity index (χ3v) is 7.08. The fourth-order valence-corrected chi connectivity index (χ4v) is 5.10. The van der Waals surface area contributed by atoms with Crippen molar-refractivity contribution in [3.8, 4) is 5.75 Å². The molecule has 0 saturated carbocycles. The largest absolute Gasteiger partial charge is 0.494 e. The fraction of sp³-hybridized carbons (Fsp3) is 0.478. The lowest BCUT2D eigenvalue weighted by Gasteiger charge is -2.29. The highest BCUT2D eigenvalue weighted by Gasteiger charge is 2.40. The Bertz CT molecular complexity index is 953. The average Bonchev–Trinajstić information content (AvgIpc) is 2.77. The second kappa shape index (κ2) is 12.1. The van der Waals surface area contributed by atoms with Crippen LogP contribution in [-0.2, 0) is 26.0 Å². The highest BCUT2D eigenvalue weighted by atomic mass is 31.2. The van der Waals surface area contributed by atoms with E-state index in [1.54, 1.807) is 26.0 Å². The minimum Gasteiger partial charge on any atom is -0.494 e. The van der Waals surface area contributed by atoms with Gasteiger partial charge in [-0.05, 0) is 56.2 Å². The zero-order chi connectivity index (χ0) is 26.3. The SMILES string of the molecule is CCCCOc1ccc(C(Nc2cc(C(F)(F)F)cc(C(F)(F)F)c2)P(=O)(OCC)OCC)cc1. The van der Waals surface area contributed by atoms with Crippen LogP contribution in [0.2, 0.25) is 0 Å². The monoisotopic (exact) mass is 527 g/mol. The van der Waals surface area contributed by atoms with Crippen LogP contribution >= 0.6 is 7.60 Å². The summed E-state index contributed by atoms with van der Waals surface area (Å²) >= 11 is 0. The van der Waals surface area contributed by atoms with Gasteiger partial charge in [-0.25, -0.2) is 0 Å². The molecule has 196 valence electrons. The van der Waals surface area contributed by atoms with E-state index in [2.05, 4.69) is 5.32 Å². The van der Waals surface area contributed by atoms with Gasteiger partial charge in [-0.3, -0.25) is 4.57 Å². The standard InChI is InChI=1S/C23H28F6NO4P/c1-4-7-12-32-20-10-8-16(9-11-20)21(35(31,33-5-2)34-6-3)30-19-14-17(22(24,25)26)13-18(15-19)23(27,28)29/h8-11,13-15,21,30H,4-7,12H2,1-3H3. The molecule has 5 nitrogen and oxygen atoms in total. The Morgan fingerprint density at radius 1 is 0.857 bits per heavy atom. The molecule has 0 aliphatic rings. The number of nitrogens with one attached hydrogen (secondary N) is 1. The molecule has 0 spiro atoms. The molecule has 0 heterocycles. The molecule has 0 radical (unpaired) electrons. The summed E-state index contributed by atoms with van der Waals surface area (Å²) in [5.74, 6) is -0.890. The molecular formula is C23H28F6NO4P. The first-order valence-electron chi connectivity index (χ1n) is 11.0. The van der Waals surface area contributed by atoms with E-state index in [0.717, 1.165) is 12.8 Å². The van der Waals surface area contributed by atoms with E-state index in [1.807, 2.05) is 6.92 Å². The maximum atomic E-state index is 13.6. The van der Waals surface area contributed by atoms with Crippen molar-refractivity contribution < 1.29 is 44.7 Å². The summed E-state index contributed by atoms with van der Waals surface area (Å²) in [6.07, 6.45) is -8.32. The first kappa shape index (κ1) is 29.0. The molecule has 0 aliphatic carbocycles. The predicted molar refractivity (Wildman–Crippen MR) is 121 cm³/mol.